The van der Waals surface area contributed by atoms with Gasteiger partial charge in [-0.2, -0.15) is 0 Å². The zero-order valence-electron chi connectivity index (χ0n) is 15.3. The molecule has 1 aromatic heterocycles. The Labute approximate surface area is 156 Å². The number of aryl methyl sites for hydroxylation is 1. The van der Waals surface area contributed by atoms with Crippen LogP contribution in [0.5, 0.6) is 0 Å². The summed E-state index contributed by atoms with van der Waals surface area (Å²) < 4.78 is 19.0. The fourth-order valence-corrected chi connectivity index (χ4v) is 2.80. The minimum absolute atomic E-state index is 0.0315. The Morgan fingerprint density at radius 3 is 2.59 bits per heavy atom. The van der Waals surface area contributed by atoms with Crippen LogP contribution in [0.15, 0.2) is 46.9 Å². The number of hydrogen-bond acceptors (Lipinski definition) is 4. The lowest BCUT2D eigenvalue weighted by molar-refractivity contribution is -0.136. The number of amides is 2. The summed E-state index contributed by atoms with van der Waals surface area (Å²) in [6.07, 6.45) is 0. The Kier molecular flexibility index (Phi) is 5.12. The van der Waals surface area contributed by atoms with Gasteiger partial charge in [0.15, 0.2) is 0 Å². The maximum atomic E-state index is 13.4. The van der Waals surface area contributed by atoms with Crippen LogP contribution in [0.1, 0.15) is 11.3 Å². The largest absolute Gasteiger partial charge is 0.459 e. The number of carbonyl (C=O) groups excluding carboxylic acids is 2. The van der Waals surface area contributed by atoms with E-state index < -0.39 is 11.8 Å². The van der Waals surface area contributed by atoms with Crippen molar-refractivity contribution in [3.05, 3.63) is 59.6 Å². The molecular formula is C20H20FN3O3. The third-order valence-corrected chi connectivity index (χ3v) is 4.25. The molecule has 0 unspecified atom stereocenters. The predicted octanol–water partition coefficient (Wildman–Crippen LogP) is 3.20. The fourth-order valence-electron chi connectivity index (χ4n) is 2.80. The van der Waals surface area contributed by atoms with E-state index in [2.05, 4.69) is 10.6 Å². The molecule has 2 N–H and O–H groups in total. The van der Waals surface area contributed by atoms with E-state index in [0.717, 1.165) is 11.3 Å². The molecule has 0 spiro atoms. The van der Waals surface area contributed by atoms with Crippen molar-refractivity contribution in [3.63, 3.8) is 0 Å². The number of fused-ring (bicyclic) bond motifs is 1. The standard InChI is InChI=1S/C20H20FN3O3/c1-12-14-10-13(21)8-9-17(14)27-18(12)11-22-19(25)20(26)23-15-6-4-5-7-16(15)24(2)3/h4-10H,11H2,1-3H3,(H,22,25)(H,23,26). The zero-order valence-corrected chi connectivity index (χ0v) is 15.3. The van der Waals surface area contributed by atoms with E-state index in [9.17, 15) is 14.0 Å². The maximum absolute atomic E-state index is 13.4. The molecule has 0 aliphatic carbocycles. The van der Waals surface area contributed by atoms with Crippen LogP contribution in [0.2, 0.25) is 0 Å². The molecule has 27 heavy (non-hydrogen) atoms. The molecule has 0 fully saturated rings. The van der Waals surface area contributed by atoms with Crippen LogP contribution in [0.3, 0.4) is 0 Å². The van der Waals surface area contributed by atoms with Crippen LogP contribution in [-0.2, 0) is 16.1 Å². The topological polar surface area (TPSA) is 74.6 Å². The number of para-hydroxylation sites is 2. The SMILES string of the molecule is Cc1c(CNC(=O)C(=O)Nc2ccccc2N(C)C)oc2ccc(F)cc12. The van der Waals surface area contributed by atoms with Crippen molar-refractivity contribution >= 4 is 34.2 Å². The Bertz CT molecular complexity index is 1010. The fraction of sp³-hybridized carbons (Fsp3) is 0.200. The van der Waals surface area contributed by atoms with Gasteiger partial charge in [0.2, 0.25) is 0 Å². The molecule has 6 nitrogen and oxygen atoms in total. The first-order valence-electron chi connectivity index (χ1n) is 8.40. The van der Waals surface area contributed by atoms with Crippen LogP contribution in [-0.4, -0.2) is 25.9 Å². The van der Waals surface area contributed by atoms with E-state index in [1.54, 1.807) is 19.1 Å². The van der Waals surface area contributed by atoms with Crippen molar-refractivity contribution in [1.82, 2.24) is 5.32 Å². The minimum atomic E-state index is -0.783. The maximum Gasteiger partial charge on any atom is 0.313 e. The van der Waals surface area contributed by atoms with E-state index in [1.807, 2.05) is 31.1 Å². The second-order valence-electron chi connectivity index (χ2n) is 6.34. The summed E-state index contributed by atoms with van der Waals surface area (Å²) in [6, 6.07) is 11.4. The lowest BCUT2D eigenvalue weighted by atomic mass is 10.1. The predicted molar refractivity (Wildman–Crippen MR) is 102 cm³/mol. The molecule has 0 radical (unpaired) electrons. The number of furan rings is 1. The highest BCUT2D eigenvalue weighted by Crippen LogP contribution is 2.26. The molecule has 2 aromatic carbocycles. The molecule has 3 aromatic rings. The molecule has 0 aliphatic rings. The molecular weight excluding hydrogens is 349 g/mol. The number of rotatable bonds is 4. The average Bonchev–Trinajstić information content (AvgIpc) is 2.95. The first-order chi connectivity index (χ1) is 12.9. The van der Waals surface area contributed by atoms with E-state index >= 15 is 0 Å². The van der Waals surface area contributed by atoms with E-state index in [1.165, 1.54) is 18.2 Å². The summed E-state index contributed by atoms with van der Waals surface area (Å²) in [7, 11) is 3.69. The third kappa shape index (κ3) is 3.92. The number of anilines is 2. The summed E-state index contributed by atoms with van der Waals surface area (Å²) in [5.74, 6) is -1.44. The molecule has 0 saturated heterocycles. The Morgan fingerprint density at radius 1 is 1.11 bits per heavy atom. The van der Waals surface area contributed by atoms with Crippen LogP contribution < -0.4 is 15.5 Å². The van der Waals surface area contributed by atoms with Gasteiger partial charge in [-0.1, -0.05) is 12.1 Å². The summed E-state index contributed by atoms with van der Waals surface area (Å²) in [5, 5.41) is 5.78. The van der Waals surface area contributed by atoms with Crippen LogP contribution in [0.25, 0.3) is 11.0 Å². The van der Waals surface area contributed by atoms with E-state index in [4.69, 9.17) is 4.42 Å². The van der Waals surface area contributed by atoms with Gasteiger partial charge >= 0.3 is 11.8 Å². The van der Waals surface area contributed by atoms with Crippen LogP contribution >= 0.6 is 0 Å². The van der Waals surface area contributed by atoms with Crippen molar-refractivity contribution in [2.45, 2.75) is 13.5 Å². The third-order valence-electron chi connectivity index (χ3n) is 4.25. The second-order valence-corrected chi connectivity index (χ2v) is 6.34. The molecule has 0 saturated carbocycles. The second kappa shape index (κ2) is 7.49. The zero-order chi connectivity index (χ0) is 19.6. The van der Waals surface area contributed by atoms with Crippen molar-refractivity contribution < 1.29 is 18.4 Å². The smallest absolute Gasteiger partial charge is 0.313 e. The lowest BCUT2D eigenvalue weighted by Gasteiger charge is -2.17. The summed E-state index contributed by atoms with van der Waals surface area (Å²) in [4.78, 5) is 26.2. The number of hydrogen-bond donors (Lipinski definition) is 2. The first-order valence-corrected chi connectivity index (χ1v) is 8.40. The minimum Gasteiger partial charge on any atom is -0.459 e. The number of nitrogens with one attached hydrogen (secondary N) is 2. The number of benzene rings is 2. The van der Waals surface area contributed by atoms with Gasteiger partial charge in [-0.3, -0.25) is 9.59 Å². The number of carbonyl (C=O) groups is 2. The van der Waals surface area contributed by atoms with E-state index in [0.29, 0.717) is 22.4 Å². The quantitative estimate of drug-likeness (QED) is 0.693. The molecule has 0 atom stereocenters. The number of nitrogens with zero attached hydrogens (tertiary/aromatic N) is 1. The van der Waals surface area contributed by atoms with Gasteiger partial charge in [0, 0.05) is 25.0 Å². The van der Waals surface area contributed by atoms with Crippen molar-refractivity contribution in [1.29, 1.82) is 0 Å². The Morgan fingerprint density at radius 2 is 1.85 bits per heavy atom. The van der Waals surface area contributed by atoms with Crippen LogP contribution in [0.4, 0.5) is 15.8 Å². The molecule has 0 aliphatic heterocycles. The summed E-state index contributed by atoms with van der Waals surface area (Å²) in [6.45, 7) is 1.81. The highest BCUT2D eigenvalue weighted by Gasteiger charge is 2.18. The highest BCUT2D eigenvalue weighted by molar-refractivity contribution is 6.39. The van der Waals surface area contributed by atoms with Gasteiger partial charge in [0.05, 0.1) is 17.9 Å². The molecule has 7 heteroatoms. The van der Waals surface area contributed by atoms with Gasteiger partial charge in [0.1, 0.15) is 17.2 Å². The van der Waals surface area contributed by atoms with Gasteiger partial charge in [0.25, 0.3) is 0 Å². The molecule has 140 valence electrons. The highest BCUT2D eigenvalue weighted by atomic mass is 19.1. The first kappa shape index (κ1) is 18.4. The molecule has 3 rings (SSSR count). The molecule has 0 bridgehead atoms. The van der Waals surface area contributed by atoms with Gasteiger partial charge in [-0.25, -0.2) is 4.39 Å². The van der Waals surface area contributed by atoms with Gasteiger partial charge in [-0.15, -0.1) is 0 Å². The lowest BCUT2D eigenvalue weighted by Crippen LogP contribution is -2.35. The monoisotopic (exact) mass is 369 g/mol. The average molecular weight is 369 g/mol. The van der Waals surface area contributed by atoms with Crippen molar-refractivity contribution in [2.75, 3.05) is 24.3 Å². The molecule has 2 amide bonds. The van der Waals surface area contributed by atoms with Crippen LogP contribution in [0, 0.1) is 12.7 Å². The van der Waals surface area contributed by atoms with Gasteiger partial charge in [-0.05, 0) is 37.3 Å². The summed E-state index contributed by atoms with van der Waals surface area (Å²) in [5.41, 5.74) is 2.58. The number of halogens is 1. The Balaban J connectivity index is 1.68. The van der Waals surface area contributed by atoms with Crippen molar-refractivity contribution in [2.24, 2.45) is 0 Å². The van der Waals surface area contributed by atoms with Crippen molar-refractivity contribution in [3.8, 4) is 0 Å². The Hall–Kier alpha value is -3.35. The van der Waals surface area contributed by atoms with E-state index in [-0.39, 0.29) is 12.4 Å². The molecule has 1 heterocycles. The summed E-state index contributed by atoms with van der Waals surface area (Å²) >= 11 is 0. The normalized spacial score (nSPS) is 10.7. The van der Waals surface area contributed by atoms with Gasteiger partial charge < -0.3 is 20.0 Å².